The molecule has 9 nitrogen and oxygen atoms in total. The lowest BCUT2D eigenvalue weighted by Crippen LogP contribution is -2.42. The van der Waals surface area contributed by atoms with E-state index in [0.717, 1.165) is 17.9 Å². The summed E-state index contributed by atoms with van der Waals surface area (Å²) in [6.45, 7) is 0.321. The first kappa shape index (κ1) is 23.1. The predicted octanol–water partition coefficient (Wildman–Crippen LogP) is 2.66. The number of amides is 1. The molecule has 4 rings (SSSR count). The highest BCUT2D eigenvalue weighted by Crippen LogP contribution is 2.38. The SMILES string of the molecule is CS(=O)(=O)c1ccc(N2CCc3c(OC4CCN(C(=O)OCCF)CC4)ncnc32)c(F)c1. The van der Waals surface area contributed by atoms with E-state index in [9.17, 15) is 22.0 Å². The molecule has 0 N–H and O–H groups in total. The number of piperidine rings is 1. The zero-order chi connectivity index (χ0) is 23.6. The van der Waals surface area contributed by atoms with Crippen LogP contribution in [0.15, 0.2) is 29.4 Å². The molecule has 0 radical (unpaired) electrons. The normalized spacial score (nSPS) is 16.6. The Morgan fingerprint density at radius 2 is 1.97 bits per heavy atom. The molecule has 1 fully saturated rings. The molecular weight excluding hydrogens is 458 g/mol. The molecule has 1 aromatic carbocycles. The number of carbonyl (C=O) groups excluding carboxylic acids is 1. The van der Waals surface area contributed by atoms with E-state index in [2.05, 4.69) is 9.97 Å². The number of halogens is 2. The Labute approximate surface area is 190 Å². The molecule has 2 aliphatic rings. The fraction of sp³-hybridized carbons (Fsp3) is 0.476. The number of alkyl halides is 1. The van der Waals surface area contributed by atoms with E-state index in [1.807, 2.05) is 0 Å². The van der Waals surface area contributed by atoms with Crippen molar-refractivity contribution in [1.29, 1.82) is 0 Å². The second-order valence-electron chi connectivity index (χ2n) is 7.88. The molecule has 1 saturated heterocycles. The van der Waals surface area contributed by atoms with Gasteiger partial charge in [0.1, 0.15) is 37.3 Å². The van der Waals surface area contributed by atoms with Crippen LogP contribution in [0.5, 0.6) is 5.88 Å². The molecule has 12 heteroatoms. The lowest BCUT2D eigenvalue weighted by molar-refractivity contribution is 0.0630. The number of rotatable bonds is 6. The topological polar surface area (TPSA) is 102 Å². The van der Waals surface area contributed by atoms with Crippen molar-refractivity contribution in [1.82, 2.24) is 14.9 Å². The molecule has 3 heterocycles. The quantitative estimate of drug-likeness (QED) is 0.619. The Bertz CT molecular complexity index is 1140. The number of fused-ring (bicyclic) bond motifs is 1. The van der Waals surface area contributed by atoms with Crippen LogP contribution in [0.4, 0.5) is 25.1 Å². The maximum Gasteiger partial charge on any atom is 0.409 e. The zero-order valence-electron chi connectivity index (χ0n) is 18.0. The lowest BCUT2D eigenvalue weighted by atomic mass is 10.1. The average molecular weight is 483 g/mol. The highest BCUT2D eigenvalue weighted by molar-refractivity contribution is 7.90. The number of ether oxygens (including phenoxy) is 2. The maximum absolute atomic E-state index is 14.7. The standard InChI is InChI=1S/C21H24F2N4O5S/c1-33(29,30)15-2-3-18(17(23)12-15)27-10-6-16-19(27)24-13-25-20(16)32-14-4-8-26(9-5-14)21(28)31-11-7-22/h2-3,12-14H,4-11H2,1H3. The van der Waals surface area contributed by atoms with Gasteiger partial charge in [-0.05, 0) is 24.6 Å². The number of anilines is 2. The number of hydrogen-bond acceptors (Lipinski definition) is 8. The highest BCUT2D eigenvalue weighted by Gasteiger charge is 2.31. The summed E-state index contributed by atoms with van der Waals surface area (Å²) in [5, 5.41) is 0. The van der Waals surface area contributed by atoms with Gasteiger partial charge in [-0.1, -0.05) is 0 Å². The van der Waals surface area contributed by atoms with E-state index in [1.165, 1.54) is 23.4 Å². The third-order valence-corrected chi connectivity index (χ3v) is 6.75. The van der Waals surface area contributed by atoms with Crippen molar-refractivity contribution >= 4 is 27.4 Å². The van der Waals surface area contributed by atoms with Gasteiger partial charge in [0.15, 0.2) is 9.84 Å². The summed E-state index contributed by atoms with van der Waals surface area (Å²) in [5.74, 6) is 0.270. The van der Waals surface area contributed by atoms with Gasteiger partial charge in [-0.2, -0.15) is 0 Å². The molecule has 0 atom stereocenters. The van der Waals surface area contributed by atoms with Gasteiger partial charge in [0.05, 0.1) is 16.1 Å². The van der Waals surface area contributed by atoms with Crippen LogP contribution in [0.1, 0.15) is 18.4 Å². The molecule has 178 valence electrons. The van der Waals surface area contributed by atoms with Gasteiger partial charge in [0.2, 0.25) is 5.88 Å². The maximum atomic E-state index is 14.7. The minimum atomic E-state index is -3.52. The molecule has 0 saturated carbocycles. The molecule has 1 aromatic heterocycles. The van der Waals surface area contributed by atoms with Crippen LogP contribution in [0, 0.1) is 5.82 Å². The second kappa shape index (κ2) is 9.46. The second-order valence-corrected chi connectivity index (χ2v) is 9.89. The van der Waals surface area contributed by atoms with E-state index < -0.39 is 28.4 Å². The Morgan fingerprint density at radius 1 is 1.21 bits per heavy atom. The molecule has 2 aliphatic heterocycles. The van der Waals surface area contributed by atoms with Crippen LogP contribution >= 0.6 is 0 Å². The third kappa shape index (κ3) is 5.00. The molecule has 0 bridgehead atoms. The molecule has 0 unspecified atom stereocenters. The summed E-state index contributed by atoms with van der Waals surface area (Å²) < 4.78 is 61.2. The van der Waals surface area contributed by atoms with Gasteiger partial charge in [-0.25, -0.2) is 32.0 Å². The number of likely N-dealkylation sites (tertiary alicyclic amines) is 1. The van der Waals surface area contributed by atoms with Crippen LogP contribution in [-0.4, -0.2) is 74.7 Å². The minimum absolute atomic E-state index is 0.0881. The van der Waals surface area contributed by atoms with Gasteiger partial charge in [-0.3, -0.25) is 0 Å². The summed E-state index contributed by atoms with van der Waals surface area (Å²) >= 11 is 0. The van der Waals surface area contributed by atoms with Crippen molar-refractivity contribution in [3.8, 4) is 5.88 Å². The van der Waals surface area contributed by atoms with Gasteiger partial charge >= 0.3 is 6.09 Å². The van der Waals surface area contributed by atoms with Crippen molar-refractivity contribution in [2.24, 2.45) is 0 Å². The van der Waals surface area contributed by atoms with E-state index in [1.54, 1.807) is 4.90 Å². The highest BCUT2D eigenvalue weighted by atomic mass is 32.2. The van der Waals surface area contributed by atoms with Gasteiger partial charge in [0.25, 0.3) is 0 Å². The lowest BCUT2D eigenvalue weighted by Gasteiger charge is -2.31. The monoisotopic (exact) mass is 482 g/mol. The fourth-order valence-corrected chi connectivity index (χ4v) is 4.61. The van der Waals surface area contributed by atoms with Gasteiger partial charge in [0, 0.05) is 38.7 Å². The first-order valence-electron chi connectivity index (χ1n) is 10.5. The van der Waals surface area contributed by atoms with Crippen LogP contribution in [-0.2, 0) is 21.0 Å². The average Bonchev–Trinajstić information content (AvgIpc) is 3.22. The summed E-state index contributed by atoms with van der Waals surface area (Å²) in [6, 6.07) is 3.81. The summed E-state index contributed by atoms with van der Waals surface area (Å²) in [6.07, 6.45) is 3.33. The first-order valence-corrected chi connectivity index (χ1v) is 12.4. The number of nitrogens with zero attached hydrogens (tertiary/aromatic N) is 4. The number of carbonyl (C=O) groups is 1. The Kier molecular flexibility index (Phi) is 6.63. The van der Waals surface area contributed by atoms with Crippen LogP contribution < -0.4 is 9.64 Å². The van der Waals surface area contributed by atoms with Crippen LogP contribution in [0.25, 0.3) is 0 Å². The molecule has 33 heavy (non-hydrogen) atoms. The third-order valence-electron chi connectivity index (χ3n) is 5.64. The van der Waals surface area contributed by atoms with Crippen molar-refractivity contribution in [3.05, 3.63) is 35.9 Å². The van der Waals surface area contributed by atoms with E-state index in [0.29, 0.717) is 50.6 Å². The fourth-order valence-electron chi connectivity index (χ4n) is 3.97. The van der Waals surface area contributed by atoms with Gasteiger partial charge < -0.3 is 19.3 Å². The van der Waals surface area contributed by atoms with Gasteiger partial charge in [-0.15, -0.1) is 0 Å². The molecule has 2 aromatic rings. The molecular formula is C21H24F2N4O5S. The first-order chi connectivity index (χ1) is 15.8. The summed E-state index contributed by atoms with van der Waals surface area (Å²) in [4.78, 5) is 23.5. The number of hydrogen-bond donors (Lipinski definition) is 0. The number of benzene rings is 1. The van der Waals surface area contributed by atoms with Crippen molar-refractivity contribution in [2.75, 3.05) is 44.1 Å². The van der Waals surface area contributed by atoms with E-state index in [4.69, 9.17) is 9.47 Å². The van der Waals surface area contributed by atoms with Crippen LogP contribution in [0.2, 0.25) is 0 Å². The smallest absolute Gasteiger partial charge is 0.409 e. The molecule has 0 spiro atoms. The number of aromatic nitrogens is 2. The van der Waals surface area contributed by atoms with Crippen LogP contribution in [0.3, 0.4) is 0 Å². The summed E-state index contributed by atoms with van der Waals surface area (Å²) in [5.41, 5.74) is 0.972. The van der Waals surface area contributed by atoms with Crippen molar-refractivity contribution < 1.29 is 31.5 Å². The molecule has 0 aliphatic carbocycles. The van der Waals surface area contributed by atoms with Crippen molar-refractivity contribution in [3.63, 3.8) is 0 Å². The largest absolute Gasteiger partial charge is 0.474 e. The molecule has 1 amide bonds. The summed E-state index contributed by atoms with van der Waals surface area (Å²) in [7, 11) is -3.52. The Balaban J connectivity index is 1.46. The number of sulfone groups is 1. The Morgan fingerprint density at radius 3 is 2.64 bits per heavy atom. The Hall–Kier alpha value is -3.02. The van der Waals surface area contributed by atoms with E-state index in [-0.39, 0.29) is 23.3 Å². The zero-order valence-corrected chi connectivity index (χ0v) is 18.9. The predicted molar refractivity (Wildman–Crippen MR) is 115 cm³/mol. The minimum Gasteiger partial charge on any atom is -0.474 e. The van der Waals surface area contributed by atoms with Crippen molar-refractivity contribution in [2.45, 2.75) is 30.3 Å². The van der Waals surface area contributed by atoms with E-state index >= 15 is 0 Å².